The second-order valence-corrected chi connectivity index (χ2v) is 5.84. The first-order chi connectivity index (χ1) is 11.3. The van der Waals surface area contributed by atoms with Gasteiger partial charge in [0.25, 0.3) is 0 Å². The molecule has 1 heterocycles. The summed E-state index contributed by atoms with van der Waals surface area (Å²) in [6.45, 7) is 9.84. The number of benzene rings is 1. The molecule has 0 aliphatic carbocycles. The molecule has 23 heavy (non-hydrogen) atoms. The molecule has 0 bridgehead atoms. The van der Waals surface area contributed by atoms with Crippen LogP contribution in [0.2, 0.25) is 5.02 Å². The van der Waals surface area contributed by atoms with Crippen LogP contribution in [0.5, 0.6) is 0 Å². The fraction of sp³-hybridized carbons (Fsp3) is 0.588. The second kappa shape index (κ2) is 9.75. The Morgan fingerprint density at radius 1 is 1.22 bits per heavy atom. The van der Waals surface area contributed by atoms with Gasteiger partial charge >= 0.3 is 0 Å². The minimum Gasteiger partial charge on any atom is -0.379 e. The zero-order valence-electron chi connectivity index (χ0n) is 14.0. The Hall–Kier alpha value is -1.30. The summed E-state index contributed by atoms with van der Waals surface area (Å²) in [5.74, 6) is 0.848. The summed E-state index contributed by atoms with van der Waals surface area (Å²) in [7, 11) is 0. The van der Waals surface area contributed by atoms with Crippen LogP contribution in [0, 0.1) is 0 Å². The van der Waals surface area contributed by atoms with Gasteiger partial charge in [0.1, 0.15) is 0 Å². The molecule has 1 aliphatic rings. The largest absolute Gasteiger partial charge is 0.379 e. The Morgan fingerprint density at radius 2 is 1.87 bits per heavy atom. The third-order valence-electron chi connectivity index (χ3n) is 3.86. The van der Waals surface area contributed by atoms with Crippen LogP contribution < -0.4 is 10.6 Å². The number of ether oxygens (including phenoxy) is 1. The van der Waals surface area contributed by atoms with E-state index in [-0.39, 0.29) is 6.04 Å². The Kier molecular flexibility index (Phi) is 7.65. The van der Waals surface area contributed by atoms with E-state index in [0.717, 1.165) is 55.9 Å². The van der Waals surface area contributed by atoms with Gasteiger partial charge in [-0.2, -0.15) is 0 Å². The lowest BCUT2D eigenvalue weighted by Gasteiger charge is -2.34. The van der Waals surface area contributed by atoms with E-state index >= 15 is 0 Å². The topological polar surface area (TPSA) is 48.9 Å². The van der Waals surface area contributed by atoms with Crippen molar-refractivity contribution in [1.82, 2.24) is 15.5 Å². The smallest absolute Gasteiger partial charge is 0.191 e. The highest BCUT2D eigenvalue weighted by Crippen LogP contribution is 2.28. The second-order valence-electron chi connectivity index (χ2n) is 5.44. The minimum atomic E-state index is 0.167. The van der Waals surface area contributed by atoms with Crippen molar-refractivity contribution in [2.24, 2.45) is 4.99 Å². The monoisotopic (exact) mass is 338 g/mol. The van der Waals surface area contributed by atoms with E-state index in [0.29, 0.717) is 6.54 Å². The standard InChI is InChI=1S/C17H27ClN4O/c1-3-19-17(20-4-2)21-13-16(22-9-11-23-12-10-22)14-7-5-6-8-15(14)18/h5-8,16H,3-4,9-13H2,1-2H3,(H2,19,20,21). The van der Waals surface area contributed by atoms with Gasteiger partial charge in [-0.25, -0.2) is 0 Å². The summed E-state index contributed by atoms with van der Waals surface area (Å²) < 4.78 is 5.48. The van der Waals surface area contributed by atoms with Crippen LogP contribution in [-0.2, 0) is 4.74 Å². The van der Waals surface area contributed by atoms with Crippen molar-refractivity contribution in [1.29, 1.82) is 0 Å². The van der Waals surface area contributed by atoms with Crippen LogP contribution in [-0.4, -0.2) is 56.8 Å². The first-order valence-corrected chi connectivity index (χ1v) is 8.72. The molecular weight excluding hydrogens is 312 g/mol. The quantitative estimate of drug-likeness (QED) is 0.617. The lowest BCUT2D eigenvalue weighted by molar-refractivity contribution is 0.0180. The van der Waals surface area contributed by atoms with Crippen molar-refractivity contribution < 1.29 is 4.74 Å². The summed E-state index contributed by atoms with van der Waals surface area (Å²) in [6.07, 6.45) is 0. The van der Waals surface area contributed by atoms with E-state index in [9.17, 15) is 0 Å². The SMILES string of the molecule is CCNC(=NCC(c1ccccc1Cl)N1CCOCC1)NCC. The van der Waals surface area contributed by atoms with Gasteiger partial charge in [0, 0.05) is 31.2 Å². The summed E-state index contributed by atoms with van der Waals surface area (Å²) >= 11 is 6.44. The van der Waals surface area contributed by atoms with E-state index in [1.807, 2.05) is 18.2 Å². The van der Waals surface area contributed by atoms with E-state index in [2.05, 4.69) is 35.4 Å². The number of nitrogens with one attached hydrogen (secondary N) is 2. The van der Waals surface area contributed by atoms with Crippen LogP contribution in [0.25, 0.3) is 0 Å². The first kappa shape index (κ1) is 18.0. The molecule has 2 N–H and O–H groups in total. The molecule has 1 aromatic carbocycles. The van der Waals surface area contributed by atoms with Crippen molar-refractivity contribution in [2.45, 2.75) is 19.9 Å². The molecule has 1 fully saturated rings. The first-order valence-electron chi connectivity index (χ1n) is 8.34. The molecule has 1 unspecified atom stereocenters. The van der Waals surface area contributed by atoms with Gasteiger partial charge in [0.15, 0.2) is 5.96 Å². The van der Waals surface area contributed by atoms with Gasteiger partial charge in [-0.3, -0.25) is 9.89 Å². The van der Waals surface area contributed by atoms with E-state index in [1.165, 1.54) is 0 Å². The number of nitrogens with zero attached hydrogens (tertiary/aromatic N) is 2. The predicted molar refractivity (Wildman–Crippen MR) is 96.2 cm³/mol. The fourth-order valence-electron chi connectivity index (χ4n) is 2.73. The number of hydrogen-bond acceptors (Lipinski definition) is 3. The van der Waals surface area contributed by atoms with E-state index in [4.69, 9.17) is 21.3 Å². The van der Waals surface area contributed by atoms with E-state index in [1.54, 1.807) is 0 Å². The van der Waals surface area contributed by atoms with E-state index < -0.39 is 0 Å². The minimum absolute atomic E-state index is 0.167. The average Bonchev–Trinajstić information content (AvgIpc) is 2.58. The third-order valence-corrected chi connectivity index (χ3v) is 4.21. The van der Waals surface area contributed by atoms with Crippen molar-refractivity contribution in [3.8, 4) is 0 Å². The number of halogens is 1. The molecular formula is C17H27ClN4O. The maximum atomic E-state index is 6.44. The Bertz CT molecular complexity index is 495. The van der Waals surface area contributed by atoms with Crippen molar-refractivity contribution in [2.75, 3.05) is 45.9 Å². The summed E-state index contributed by atoms with van der Waals surface area (Å²) in [5.41, 5.74) is 1.13. The summed E-state index contributed by atoms with van der Waals surface area (Å²) in [5, 5.41) is 7.34. The third kappa shape index (κ3) is 5.37. The Morgan fingerprint density at radius 3 is 2.48 bits per heavy atom. The zero-order chi connectivity index (χ0) is 16.5. The molecule has 0 radical (unpaired) electrons. The molecule has 5 nitrogen and oxygen atoms in total. The van der Waals surface area contributed by atoms with Gasteiger partial charge in [-0.15, -0.1) is 0 Å². The highest BCUT2D eigenvalue weighted by molar-refractivity contribution is 6.31. The molecule has 0 amide bonds. The number of aliphatic imine (C=N–C) groups is 1. The molecule has 1 aliphatic heterocycles. The Balaban J connectivity index is 2.19. The summed E-state index contributed by atoms with van der Waals surface area (Å²) in [4.78, 5) is 7.16. The maximum absolute atomic E-state index is 6.44. The number of rotatable bonds is 6. The van der Waals surface area contributed by atoms with Crippen LogP contribution in [0.4, 0.5) is 0 Å². The van der Waals surface area contributed by atoms with Crippen LogP contribution in [0.15, 0.2) is 29.3 Å². The van der Waals surface area contributed by atoms with Gasteiger partial charge < -0.3 is 15.4 Å². The van der Waals surface area contributed by atoms with Crippen LogP contribution in [0.1, 0.15) is 25.5 Å². The lowest BCUT2D eigenvalue weighted by atomic mass is 10.0. The predicted octanol–water partition coefficient (Wildman–Crippen LogP) is 2.29. The maximum Gasteiger partial charge on any atom is 0.191 e. The number of guanidine groups is 1. The lowest BCUT2D eigenvalue weighted by Crippen LogP contribution is -2.41. The van der Waals surface area contributed by atoms with Crippen molar-refractivity contribution >= 4 is 17.6 Å². The molecule has 1 saturated heterocycles. The molecule has 128 valence electrons. The average molecular weight is 339 g/mol. The van der Waals surface area contributed by atoms with Crippen LogP contribution in [0.3, 0.4) is 0 Å². The molecule has 1 aromatic rings. The fourth-order valence-corrected chi connectivity index (χ4v) is 2.99. The van der Waals surface area contributed by atoms with Gasteiger partial charge in [-0.05, 0) is 25.5 Å². The van der Waals surface area contributed by atoms with Crippen molar-refractivity contribution in [3.05, 3.63) is 34.9 Å². The molecule has 2 rings (SSSR count). The van der Waals surface area contributed by atoms with Gasteiger partial charge in [0.2, 0.25) is 0 Å². The normalized spacial score (nSPS) is 16.7. The van der Waals surface area contributed by atoms with Gasteiger partial charge in [0.05, 0.1) is 25.8 Å². The van der Waals surface area contributed by atoms with Crippen LogP contribution >= 0.6 is 11.6 Å². The molecule has 0 spiro atoms. The molecule has 6 heteroatoms. The Labute approximate surface area is 144 Å². The van der Waals surface area contributed by atoms with Crippen molar-refractivity contribution in [3.63, 3.8) is 0 Å². The summed E-state index contributed by atoms with van der Waals surface area (Å²) in [6, 6.07) is 8.21. The number of morpholine rings is 1. The molecule has 0 aromatic heterocycles. The highest BCUT2D eigenvalue weighted by atomic mass is 35.5. The molecule has 1 atom stereocenters. The zero-order valence-corrected chi connectivity index (χ0v) is 14.8. The van der Waals surface area contributed by atoms with Gasteiger partial charge in [-0.1, -0.05) is 29.8 Å². The molecule has 0 saturated carbocycles. The highest BCUT2D eigenvalue weighted by Gasteiger charge is 2.24. The number of hydrogen-bond donors (Lipinski definition) is 2.